The van der Waals surface area contributed by atoms with Crippen LogP contribution in [0.25, 0.3) is 21.9 Å². The number of carbonyl (C=O) groups excluding carboxylic acids is 1. The van der Waals surface area contributed by atoms with Crippen molar-refractivity contribution in [2.24, 2.45) is 0 Å². The average Bonchev–Trinajstić information content (AvgIpc) is 2.89. The van der Waals surface area contributed by atoms with Gasteiger partial charge in [-0.1, -0.05) is 12.1 Å². The summed E-state index contributed by atoms with van der Waals surface area (Å²) in [6, 6.07) is 16.1. The largest absolute Gasteiger partial charge is 0.363 e. The van der Waals surface area contributed by atoms with Gasteiger partial charge < -0.3 is 14.7 Å². The van der Waals surface area contributed by atoms with Crippen molar-refractivity contribution in [2.45, 2.75) is 6.42 Å². The molecule has 0 spiro atoms. The molecule has 1 aromatic carbocycles. The first kappa shape index (κ1) is 22.9. The van der Waals surface area contributed by atoms with E-state index in [1.807, 2.05) is 49.6 Å². The first-order valence-electron chi connectivity index (χ1n) is 11.9. The predicted octanol–water partition coefficient (Wildman–Crippen LogP) is 3.94. The van der Waals surface area contributed by atoms with Gasteiger partial charge in [-0.2, -0.15) is 0 Å². The topological polar surface area (TPSA) is 65.5 Å². The minimum Gasteiger partial charge on any atom is -0.363 e. The first-order valence-corrected chi connectivity index (χ1v) is 11.9. The molecule has 1 fully saturated rings. The molecule has 0 radical (unpaired) electrons. The fourth-order valence-corrected chi connectivity index (χ4v) is 4.35. The molecule has 178 valence electrons. The number of hydrogen-bond donors (Lipinski definition) is 0. The molecule has 1 aliphatic heterocycles. The van der Waals surface area contributed by atoms with Crippen LogP contribution < -0.4 is 9.80 Å². The molecule has 0 N–H and O–H groups in total. The number of carbonyl (C=O) groups is 1. The summed E-state index contributed by atoms with van der Waals surface area (Å²) in [6.45, 7) is 3.84. The number of Topliss-reactive ketones (excluding diaryl/α,β-unsaturated/α-hetero) is 1. The number of piperazine rings is 1. The van der Waals surface area contributed by atoms with E-state index in [1.165, 1.54) is 0 Å². The van der Waals surface area contributed by atoms with Crippen molar-refractivity contribution in [1.29, 1.82) is 0 Å². The van der Waals surface area contributed by atoms with Crippen LogP contribution in [0.1, 0.15) is 16.1 Å². The molecule has 5 rings (SSSR count). The Bertz CT molecular complexity index is 1340. The van der Waals surface area contributed by atoms with E-state index in [4.69, 9.17) is 0 Å². The smallest absolute Gasteiger partial charge is 0.169 e. The maximum absolute atomic E-state index is 13.1. The number of likely N-dealkylation sites (N-methyl/N-ethyl adjacent to an activating group) is 1. The molecule has 0 bridgehead atoms. The van der Waals surface area contributed by atoms with Crippen LogP contribution in [0.2, 0.25) is 0 Å². The van der Waals surface area contributed by atoms with Crippen molar-refractivity contribution in [1.82, 2.24) is 19.9 Å². The van der Waals surface area contributed by atoms with Gasteiger partial charge in [0, 0.05) is 81.1 Å². The van der Waals surface area contributed by atoms with Gasteiger partial charge in [-0.15, -0.1) is 0 Å². The Hall–Kier alpha value is -3.84. The number of ketones is 1. The van der Waals surface area contributed by atoms with Gasteiger partial charge in [0.1, 0.15) is 11.6 Å². The second-order valence-corrected chi connectivity index (χ2v) is 9.33. The zero-order chi connectivity index (χ0) is 24.4. The minimum atomic E-state index is 0.0502. The van der Waals surface area contributed by atoms with E-state index in [-0.39, 0.29) is 12.2 Å². The highest BCUT2D eigenvalue weighted by atomic mass is 16.1. The number of hydrogen-bond acceptors (Lipinski definition) is 7. The fraction of sp³-hybridized carbons (Fsp3) is 0.286. The van der Waals surface area contributed by atoms with Gasteiger partial charge in [-0.05, 0) is 54.4 Å². The fourth-order valence-electron chi connectivity index (χ4n) is 4.35. The molecule has 3 aromatic heterocycles. The van der Waals surface area contributed by atoms with Crippen LogP contribution in [-0.4, -0.2) is 73.0 Å². The number of fused-ring (bicyclic) bond motifs is 1. The molecule has 7 heteroatoms. The zero-order valence-corrected chi connectivity index (χ0v) is 20.5. The number of nitrogens with zero attached hydrogens (tertiary/aromatic N) is 6. The van der Waals surface area contributed by atoms with E-state index in [0.29, 0.717) is 5.56 Å². The average molecular weight is 467 g/mol. The maximum Gasteiger partial charge on any atom is 0.169 e. The van der Waals surface area contributed by atoms with E-state index in [9.17, 15) is 4.79 Å². The van der Waals surface area contributed by atoms with E-state index in [0.717, 1.165) is 65.4 Å². The third-order valence-corrected chi connectivity index (χ3v) is 6.55. The molecular formula is C28H30N6O. The summed E-state index contributed by atoms with van der Waals surface area (Å²) in [4.78, 5) is 33.2. The van der Waals surface area contributed by atoms with Crippen LogP contribution in [0, 0.1) is 0 Å². The third-order valence-electron chi connectivity index (χ3n) is 6.55. The summed E-state index contributed by atoms with van der Waals surface area (Å²) < 4.78 is 0. The zero-order valence-electron chi connectivity index (χ0n) is 20.5. The highest BCUT2D eigenvalue weighted by Crippen LogP contribution is 2.26. The van der Waals surface area contributed by atoms with Crippen LogP contribution in [0.5, 0.6) is 0 Å². The number of aromatic nitrogens is 3. The monoisotopic (exact) mass is 466 g/mol. The summed E-state index contributed by atoms with van der Waals surface area (Å²) in [6.07, 6.45) is 5.73. The standard InChI is InChI=1S/C28H30N6O/c1-32(2)27-7-6-22(19-31-27)20-4-5-23-18-30-25(15-24(23)14-20)17-26(35)21-8-9-29-28(16-21)34-12-10-33(3)11-13-34/h4-9,14-16,18-19H,10-13,17H2,1-3H3. The van der Waals surface area contributed by atoms with Crippen LogP contribution >= 0.6 is 0 Å². The van der Waals surface area contributed by atoms with Crippen molar-refractivity contribution in [3.8, 4) is 11.1 Å². The Kier molecular flexibility index (Phi) is 6.42. The Morgan fingerprint density at radius 1 is 0.857 bits per heavy atom. The SMILES string of the molecule is CN1CCN(c2cc(C(=O)Cc3cc4cc(-c5ccc(N(C)C)nc5)ccc4cn3)ccn2)CC1. The van der Waals surface area contributed by atoms with Gasteiger partial charge in [0.15, 0.2) is 5.78 Å². The normalized spacial score (nSPS) is 14.3. The number of anilines is 2. The molecule has 0 atom stereocenters. The molecule has 0 unspecified atom stereocenters. The van der Waals surface area contributed by atoms with Crippen LogP contribution in [0.15, 0.2) is 67.1 Å². The van der Waals surface area contributed by atoms with Gasteiger partial charge in [-0.3, -0.25) is 9.78 Å². The van der Waals surface area contributed by atoms with Crippen LogP contribution in [-0.2, 0) is 6.42 Å². The molecule has 7 nitrogen and oxygen atoms in total. The quantitative estimate of drug-likeness (QED) is 0.399. The van der Waals surface area contributed by atoms with Crippen molar-refractivity contribution in [3.63, 3.8) is 0 Å². The molecule has 1 aliphatic rings. The van der Waals surface area contributed by atoms with Gasteiger partial charge >= 0.3 is 0 Å². The van der Waals surface area contributed by atoms with E-state index < -0.39 is 0 Å². The number of rotatable bonds is 6. The Morgan fingerprint density at radius 3 is 2.40 bits per heavy atom. The molecule has 1 saturated heterocycles. The van der Waals surface area contributed by atoms with Gasteiger partial charge in [-0.25, -0.2) is 9.97 Å². The summed E-state index contributed by atoms with van der Waals surface area (Å²) in [5.74, 6) is 1.84. The Balaban J connectivity index is 1.34. The molecule has 4 heterocycles. The van der Waals surface area contributed by atoms with Crippen LogP contribution in [0.3, 0.4) is 0 Å². The lowest BCUT2D eigenvalue weighted by atomic mass is 10.0. The van der Waals surface area contributed by atoms with E-state index in [2.05, 4.69) is 56.1 Å². The maximum atomic E-state index is 13.1. The Morgan fingerprint density at radius 2 is 1.66 bits per heavy atom. The minimum absolute atomic E-state index is 0.0502. The summed E-state index contributed by atoms with van der Waals surface area (Å²) in [5.41, 5.74) is 3.58. The molecule has 0 saturated carbocycles. The molecular weight excluding hydrogens is 436 g/mol. The highest BCUT2D eigenvalue weighted by molar-refractivity contribution is 5.98. The molecule has 0 aliphatic carbocycles. The summed E-state index contributed by atoms with van der Waals surface area (Å²) >= 11 is 0. The Labute approximate surface area is 206 Å². The molecule has 0 amide bonds. The van der Waals surface area contributed by atoms with Crippen molar-refractivity contribution in [3.05, 3.63) is 78.4 Å². The van der Waals surface area contributed by atoms with Crippen molar-refractivity contribution < 1.29 is 4.79 Å². The van der Waals surface area contributed by atoms with E-state index >= 15 is 0 Å². The van der Waals surface area contributed by atoms with Gasteiger partial charge in [0.25, 0.3) is 0 Å². The van der Waals surface area contributed by atoms with E-state index in [1.54, 1.807) is 12.3 Å². The number of benzene rings is 1. The van der Waals surface area contributed by atoms with Crippen LogP contribution in [0.4, 0.5) is 11.6 Å². The lowest BCUT2D eigenvalue weighted by Gasteiger charge is -2.33. The second-order valence-electron chi connectivity index (χ2n) is 9.33. The van der Waals surface area contributed by atoms with Crippen molar-refractivity contribution in [2.75, 3.05) is 57.1 Å². The first-order chi connectivity index (χ1) is 17.0. The second kappa shape index (κ2) is 9.80. The third kappa shape index (κ3) is 5.15. The number of pyridine rings is 3. The van der Waals surface area contributed by atoms with Gasteiger partial charge in [0.05, 0.1) is 6.42 Å². The lowest BCUT2D eigenvalue weighted by molar-refractivity contribution is 0.0992. The van der Waals surface area contributed by atoms with Gasteiger partial charge in [0.2, 0.25) is 0 Å². The summed E-state index contributed by atoms with van der Waals surface area (Å²) in [7, 11) is 6.09. The molecule has 35 heavy (non-hydrogen) atoms. The lowest BCUT2D eigenvalue weighted by Crippen LogP contribution is -2.44. The predicted molar refractivity (Wildman–Crippen MR) is 141 cm³/mol. The highest BCUT2D eigenvalue weighted by Gasteiger charge is 2.17. The summed E-state index contributed by atoms with van der Waals surface area (Å²) in [5, 5.41) is 2.11. The molecule has 4 aromatic rings. The van der Waals surface area contributed by atoms with Crippen molar-refractivity contribution >= 4 is 28.2 Å².